The highest BCUT2D eigenvalue weighted by Crippen LogP contribution is 2.36. The van der Waals surface area contributed by atoms with Gasteiger partial charge in [-0.2, -0.15) is 0 Å². The van der Waals surface area contributed by atoms with Crippen LogP contribution in [0.4, 0.5) is 0 Å². The van der Waals surface area contributed by atoms with Crippen molar-refractivity contribution in [3.63, 3.8) is 0 Å². The Kier molecular flexibility index (Phi) is 4.39. The van der Waals surface area contributed by atoms with Crippen LogP contribution in [0, 0.1) is 5.41 Å². The Morgan fingerprint density at radius 3 is 2.50 bits per heavy atom. The summed E-state index contributed by atoms with van der Waals surface area (Å²) in [5.74, 6) is 0.883. The van der Waals surface area contributed by atoms with Crippen molar-refractivity contribution in [2.45, 2.75) is 33.7 Å². The summed E-state index contributed by atoms with van der Waals surface area (Å²) in [6, 6.07) is 5.95. The summed E-state index contributed by atoms with van der Waals surface area (Å²) in [7, 11) is 0. The molecule has 0 aromatic heterocycles. The average Bonchev–Trinajstić information content (AvgIpc) is 2.18. The number of hydrogen-bond acceptors (Lipinski definition) is 2. The Morgan fingerprint density at radius 2 is 2.00 bits per heavy atom. The second kappa shape index (κ2) is 5.19. The number of rotatable bonds is 3. The molecule has 0 aliphatic heterocycles. The summed E-state index contributed by atoms with van der Waals surface area (Å²) in [5.41, 5.74) is 7.35. The molecule has 90 valence electrons. The predicted molar refractivity (Wildman–Crippen MR) is 71.7 cm³/mol. The van der Waals surface area contributed by atoms with Gasteiger partial charge in [0.2, 0.25) is 0 Å². The fourth-order valence-electron chi connectivity index (χ4n) is 1.52. The van der Waals surface area contributed by atoms with E-state index in [0.29, 0.717) is 6.61 Å². The van der Waals surface area contributed by atoms with Gasteiger partial charge in [0.1, 0.15) is 5.75 Å². The summed E-state index contributed by atoms with van der Waals surface area (Å²) in [4.78, 5) is 0. The van der Waals surface area contributed by atoms with Gasteiger partial charge in [0.25, 0.3) is 0 Å². The third kappa shape index (κ3) is 3.22. The highest BCUT2D eigenvalue weighted by Gasteiger charge is 2.25. The van der Waals surface area contributed by atoms with E-state index in [-0.39, 0.29) is 11.5 Å². The molecular weight excluding hydrogens is 266 g/mol. The number of nitrogens with two attached hydrogens (primary N) is 1. The van der Waals surface area contributed by atoms with Crippen LogP contribution < -0.4 is 10.5 Å². The van der Waals surface area contributed by atoms with E-state index in [4.69, 9.17) is 10.5 Å². The SMILES string of the molecule is CCOc1ccc(Br)cc1[C@@H](N)C(C)(C)C. The van der Waals surface area contributed by atoms with Gasteiger partial charge in [0.05, 0.1) is 6.61 Å². The van der Waals surface area contributed by atoms with Crippen LogP contribution >= 0.6 is 15.9 Å². The molecule has 0 fully saturated rings. The van der Waals surface area contributed by atoms with Crippen LogP contribution in [0.5, 0.6) is 5.75 Å². The summed E-state index contributed by atoms with van der Waals surface area (Å²) < 4.78 is 6.64. The lowest BCUT2D eigenvalue weighted by Gasteiger charge is -2.29. The van der Waals surface area contributed by atoms with E-state index in [0.717, 1.165) is 15.8 Å². The molecule has 1 aromatic carbocycles. The first kappa shape index (κ1) is 13.5. The van der Waals surface area contributed by atoms with Gasteiger partial charge in [-0.3, -0.25) is 0 Å². The minimum Gasteiger partial charge on any atom is -0.494 e. The standard InChI is InChI=1S/C13H20BrNO/c1-5-16-11-7-6-9(14)8-10(11)12(15)13(2,3)4/h6-8,12H,5,15H2,1-4H3/t12-/m1/s1. The molecule has 0 radical (unpaired) electrons. The maximum Gasteiger partial charge on any atom is 0.124 e. The predicted octanol–water partition coefficient (Wildman–Crippen LogP) is 3.89. The zero-order valence-electron chi connectivity index (χ0n) is 10.4. The lowest BCUT2D eigenvalue weighted by atomic mass is 9.83. The van der Waals surface area contributed by atoms with Crippen LogP contribution in [-0.2, 0) is 0 Å². The normalized spacial score (nSPS) is 13.6. The smallest absolute Gasteiger partial charge is 0.124 e. The Hall–Kier alpha value is -0.540. The molecule has 0 unspecified atom stereocenters. The van der Waals surface area contributed by atoms with Crippen molar-refractivity contribution >= 4 is 15.9 Å². The van der Waals surface area contributed by atoms with Crippen LogP contribution in [0.25, 0.3) is 0 Å². The number of hydrogen-bond donors (Lipinski definition) is 1. The second-order valence-corrected chi connectivity index (χ2v) is 5.87. The van der Waals surface area contributed by atoms with Crippen LogP contribution in [-0.4, -0.2) is 6.61 Å². The van der Waals surface area contributed by atoms with Gasteiger partial charge in [-0.25, -0.2) is 0 Å². The molecule has 0 aliphatic carbocycles. The summed E-state index contributed by atoms with van der Waals surface area (Å²) >= 11 is 3.47. The van der Waals surface area contributed by atoms with E-state index in [9.17, 15) is 0 Å². The number of ether oxygens (including phenoxy) is 1. The Labute approximate surface area is 106 Å². The molecule has 0 bridgehead atoms. The Balaban J connectivity index is 3.14. The Bertz CT molecular complexity index is 357. The number of halogens is 1. The molecule has 1 aromatic rings. The van der Waals surface area contributed by atoms with Gasteiger partial charge >= 0.3 is 0 Å². The maximum atomic E-state index is 6.27. The first-order valence-corrected chi connectivity index (χ1v) is 6.33. The van der Waals surface area contributed by atoms with Crippen LogP contribution in [0.2, 0.25) is 0 Å². The molecule has 0 aliphatic rings. The third-order valence-corrected chi connectivity index (χ3v) is 3.03. The van der Waals surface area contributed by atoms with Gasteiger partial charge in [-0.15, -0.1) is 0 Å². The molecule has 0 saturated heterocycles. The number of benzene rings is 1. The quantitative estimate of drug-likeness (QED) is 0.914. The zero-order chi connectivity index (χ0) is 12.3. The molecule has 1 rings (SSSR count). The Morgan fingerprint density at radius 1 is 1.38 bits per heavy atom. The van der Waals surface area contributed by atoms with Gasteiger partial charge in [0.15, 0.2) is 0 Å². The van der Waals surface area contributed by atoms with E-state index >= 15 is 0 Å². The maximum absolute atomic E-state index is 6.27. The monoisotopic (exact) mass is 285 g/mol. The van der Waals surface area contributed by atoms with Gasteiger partial charge in [0, 0.05) is 16.1 Å². The second-order valence-electron chi connectivity index (χ2n) is 4.96. The van der Waals surface area contributed by atoms with Crippen LogP contribution in [0.3, 0.4) is 0 Å². The molecule has 0 spiro atoms. The minimum atomic E-state index is -0.0356. The van der Waals surface area contributed by atoms with Gasteiger partial charge in [-0.1, -0.05) is 36.7 Å². The van der Waals surface area contributed by atoms with E-state index in [2.05, 4.69) is 36.7 Å². The molecule has 2 N–H and O–H groups in total. The third-order valence-electron chi connectivity index (χ3n) is 2.54. The lowest BCUT2D eigenvalue weighted by Crippen LogP contribution is -2.26. The summed E-state index contributed by atoms with van der Waals surface area (Å²) in [6.45, 7) is 9.04. The summed E-state index contributed by atoms with van der Waals surface area (Å²) in [6.07, 6.45) is 0. The minimum absolute atomic E-state index is 0.0205. The molecule has 0 saturated carbocycles. The highest BCUT2D eigenvalue weighted by molar-refractivity contribution is 9.10. The van der Waals surface area contributed by atoms with Crippen LogP contribution in [0.15, 0.2) is 22.7 Å². The first-order chi connectivity index (χ1) is 7.36. The molecule has 1 atom stereocenters. The molecule has 2 nitrogen and oxygen atoms in total. The van der Waals surface area contributed by atoms with Crippen LogP contribution in [0.1, 0.15) is 39.3 Å². The largest absolute Gasteiger partial charge is 0.494 e. The van der Waals surface area contributed by atoms with E-state index in [1.165, 1.54) is 0 Å². The molecular formula is C13H20BrNO. The molecule has 0 heterocycles. The fraction of sp³-hybridized carbons (Fsp3) is 0.538. The first-order valence-electron chi connectivity index (χ1n) is 5.54. The van der Waals surface area contributed by atoms with Crippen molar-refractivity contribution < 1.29 is 4.74 Å². The van der Waals surface area contributed by atoms with Crippen molar-refractivity contribution in [1.82, 2.24) is 0 Å². The van der Waals surface area contributed by atoms with Gasteiger partial charge < -0.3 is 10.5 Å². The molecule has 0 amide bonds. The van der Waals surface area contributed by atoms with Crippen molar-refractivity contribution in [3.05, 3.63) is 28.2 Å². The zero-order valence-corrected chi connectivity index (χ0v) is 12.0. The van der Waals surface area contributed by atoms with Gasteiger partial charge in [-0.05, 0) is 30.5 Å². The van der Waals surface area contributed by atoms with Crippen molar-refractivity contribution in [2.24, 2.45) is 11.1 Å². The topological polar surface area (TPSA) is 35.2 Å². The van der Waals surface area contributed by atoms with Crippen molar-refractivity contribution in [3.8, 4) is 5.75 Å². The highest BCUT2D eigenvalue weighted by atomic mass is 79.9. The van der Waals surface area contributed by atoms with E-state index < -0.39 is 0 Å². The van der Waals surface area contributed by atoms with Crippen molar-refractivity contribution in [1.29, 1.82) is 0 Å². The average molecular weight is 286 g/mol. The lowest BCUT2D eigenvalue weighted by molar-refractivity contribution is 0.298. The summed E-state index contributed by atoms with van der Waals surface area (Å²) in [5, 5.41) is 0. The van der Waals surface area contributed by atoms with E-state index in [1.54, 1.807) is 0 Å². The fourth-order valence-corrected chi connectivity index (χ4v) is 1.89. The van der Waals surface area contributed by atoms with Crippen molar-refractivity contribution in [2.75, 3.05) is 6.61 Å². The molecule has 3 heteroatoms. The van der Waals surface area contributed by atoms with E-state index in [1.807, 2.05) is 25.1 Å². The molecule has 16 heavy (non-hydrogen) atoms.